The van der Waals surface area contributed by atoms with Crippen molar-refractivity contribution in [1.29, 1.82) is 0 Å². The second kappa shape index (κ2) is 9.22. The Morgan fingerprint density at radius 1 is 0.968 bits per heavy atom. The Morgan fingerprint density at radius 2 is 1.68 bits per heavy atom. The summed E-state index contributed by atoms with van der Waals surface area (Å²) in [6.45, 7) is 5.45. The van der Waals surface area contributed by atoms with Crippen molar-refractivity contribution in [2.45, 2.75) is 31.7 Å². The van der Waals surface area contributed by atoms with Gasteiger partial charge in [-0.15, -0.1) is 0 Å². The number of sulfonamides is 1. The maximum absolute atomic E-state index is 13.0. The van der Waals surface area contributed by atoms with Gasteiger partial charge < -0.3 is 10.1 Å². The second-order valence-corrected chi connectivity index (χ2v) is 9.07. The van der Waals surface area contributed by atoms with Crippen LogP contribution in [0, 0.1) is 13.8 Å². The summed E-state index contributed by atoms with van der Waals surface area (Å²) in [6.07, 6.45) is 0. The summed E-state index contributed by atoms with van der Waals surface area (Å²) >= 11 is 0. The molecule has 0 saturated carbocycles. The normalized spacial score (nSPS) is 12.1. The molecule has 162 valence electrons. The molecule has 0 spiro atoms. The van der Waals surface area contributed by atoms with E-state index in [1.54, 1.807) is 44.4 Å². The molecule has 3 aromatic carbocycles. The molecule has 0 unspecified atom stereocenters. The average molecular weight is 439 g/mol. The largest absolute Gasteiger partial charge is 0.497 e. The number of carbonyl (C=O) groups excluding carboxylic acids is 1. The van der Waals surface area contributed by atoms with Gasteiger partial charge in [0.15, 0.2) is 0 Å². The van der Waals surface area contributed by atoms with Crippen LogP contribution in [0.1, 0.15) is 40.0 Å². The number of aryl methyl sites for hydroxylation is 2. The molecule has 2 N–H and O–H groups in total. The van der Waals surface area contributed by atoms with Crippen molar-refractivity contribution in [3.8, 4) is 5.75 Å². The van der Waals surface area contributed by atoms with Crippen LogP contribution in [0.3, 0.4) is 0 Å². The fraction of sp³-hybridized carbons (Fsp3) is 0.208. The van der Waals surface area contributed by atoms with Crippen LogP contribution in [0.4, 0.5) is 5.69 Å². The van der Waals surface area contributed by atoms with Crippen LogP contribution in [0.5, 0.6) is 5.75 Å². The number of rotatable bonds is 7. The lowest BCUT2D eigenvalue weighted by Gasteiger charge is -2.16. The van der Waals surface area contributed by atoms with Gasteiger partial charge in [0, 0.05) is 11.3 Å². The molecule has 0 saturated heterocycles. The molecule has 0 radical (unpaired) electrons. The highest BCUT2D eigenvalue weighted by Crippen LogP contribution is 2.22. The SMILES string of the molecule is COc1ccc([C@@H](C)NC(=O)c2ccc(C)c(S(=O)(=O)Nc3cccc(C)c3)c2)cc1. The topological polar surface area (TPSA) is 84.5 Å². The van der Waals surface area contributed by atoms with Crippen molar-refractivity contribution in [1.82, 2.24) is 5.32 Å². The Labute approximate surface area is 183 Å². The van der Waals surface area contributed by atoms with Gasteiger partial charge in [-0.25, -0.2) is 8.42 Å². The highest BCUT2D eigenvalue weighted by Gasteiger charge is 2.20. The Kier molecular flexibility index (Phi) is 6.65. The molecule has 3 aromatic rings. The summed E-state index contributed by atoms with van der Waals surface area (Å²) in [4.78, 5) is 12.9. The van der Waals surface area contributed by atoms with Crippen molar-refractivity contribution in [3.05, 3.63) is 89.0 Å². The van der Waals surface area contributed by atoms with E-state index in [-0.39, 0.29) is 22.4 Å². The Balaban J connectivity index is 1.81. The van der Waals surface area contributed by atoms with Gasteiger partial charge in [0.2, 0.25) is 0 Å². The number of nitrogens with one attached hydrogen (secondary N) is 2. The summed E-state index contributed by atoms with van der Waals surface area (Å²) in [7, 11) is -2.25. The summed E-state index contributed by atoms with van der Waals surface area (Å²) in [5.74, 6) is 0.382. The maximum atomic E-state index is 13.0. The summed E-state index contributed by atoms with van der Waals surface area (Å²) in [5.41, 5.74) is 3.16. The van der Waals surface area contributed by atoms with E-state index in [2.05, 4.69) is 10.0 Å². The molecule has 0 aliphatic heterocycles. The Bertz CT molecular complexity index is 1190. The van der Waals surface area contributed by atoms with E-state index in [1.807, 2.05) is 44.2 Å². The first kappa shape index (κ1) is 22.4. The number of ether oxygens (including phenoxy) is 1. The van der Waals surface area contributed by atoms with E-state index in [4.69, 9.17) is 4.74 Å². The predicted octanol–water partition coefficient (Wildman–Crippen LogP) is 4.60. The smallest absolute Gasteiger partial charge is 0.262 e. The molecule has 0 bridgehead atoms. The zero-order chi connectivity index (χ0) is 22.6. The summed E-state index contributed by atoms with van der Waals surface area (Å²) in [5, 5.41) is 2.91. The molecule has 31 heavy (non-hydrogen) atoms. The molecular weight excluding hydrogens is 412 g/mol. The van der Waals surface area contributed by atoms with Crippen molar-refractivity contribution >= 4 is 21.6 Å². The first-order valence-corrected chi connectivity index (χ1v) is 11.3. The Hall–Kier alpha value is -3.32. The number of carbonyl (C=O) groups is 1. The number of amides is 1. The lowest BCUT2D eigenvalue weighted by Crippen LogP contribution is -2.27. The maximum Gasteiger partial charge on any atom is 0.262 e. The molecule has 0 aromatic heterocycles. The minimum Gasteiger partial charge on any atom is -0.497 e. The summed E-state index contributed by atoms with van der Waals surface area (Å²) < 4.78 is 33.7. The molecule has 0 fully saturated rings. The minimum absolute atomic E-state index is 0.0683. The molecule has 0 heterocycles. The number of methoxy groups -OCH3 is 1. The highest BCUT2D eigenvalue weighted by atomic mass is 32.2. The molecule has 0 aliphatic rings. The number of benzene rings is 3. The van der Waals surface area contributed by atoms with Gasteiger partial charge in [-0.1, -0.05) is 30.3 Å². The quantitative estimate of drug-likeness (QED) is 0.564. The van der Waals surface area contributed by atoms with Gasteiger partial charge >= 0.3 is 0 Å². The van der Waals surface area contributed by atoms with Crippen molar-refractivity contribution in [2.24, 2.45) is 0 Å². The standard InChI is InChI=1S/C24H26N2O4S/c1-16-6-5-7-21(14-16)26-31(28,29)23-15-20(9-8-17(23)2)24(27)25-18(3)19-10-12-22(30-4)13-11-19/h5-15,18,26H,1-4H3,(H,25,27)/t18-/m1/s1. The predicted molar refractivity (Wildman–Crippen MR) is 122 cm³/mol. The van der Waals surface area contributed by atoms with Crippen LogP contribution in [0.15, 0.2) is 71.6 Å². The third-order valence-corrected chi connectivity index (χ3v) is 6.50. The zero-order valence-electron chi connectivity index (χ0n) is 18.0. The second-order valence-electron chi connectivity index (χ2n) is 7.42. The van der Waals surface area contributed by atoms with E-state index >= 15 is 0 Å². The van der Waals surface area contributed by atoms with Crippen LogP contribution in [-0.2, 0) is 10.0 Å². The number of hydrogen-bond donors (Lipinski definition) is 2. The Morgan fingerprint density at radius 3 is 2.32 bits per heavy atom. The van der Waals surface area contributed by atoms with Crippen LogP contribution in [0.2, 0.25) is 0 Å². The molecular formula is C24H26N2O4S. The van der Waals surface area contributed by atoms with Crippen LogP contribution in [-0.4, -0.2) is 21.4 Å². The third-order valence-electron chi connectivity index (χ3n) is 4.97. The van der Waals surface area contributed by atoms with E-state index in [0.717, 1.165) is 16.9 Å². The molecule has 3 rings (SSSR count). The molecule has 0 aliphatic carbocycles. The van der Waals surface area contributed by atoms with Crippen LogP contribution >= 0.6 is 0 Å². The van der Waals surface area contributed by atoms with Crippen LogP contribution in [0.25, 0.3) is 0 Å². The van der Waals surface area contributed by atoms with E-state index in [9.17, 15) is 13.2 Å². The molecule has 1 atom stereocenters. The first-order valence-electron chi connectivity index (χ1n) is 9.84. The lowest BCUT2D eigenvalue weighted by molar-refractivity contribution is 0.0939. The minimum atomic E-state index is -3.85. The fourth-order valence-electron chi connectivity index (χ4n) is 3.21. The average Bonchev–Trinajstić information content (AvgIpc) is 2.73. The van der Waals surface area contributed by atoms with Gasteiger partial charge in [0.25, 0.3) is 15.9 Å². The number of anilines is 1. The van der Waals surface area contributed by atoms with Gasteiger partial charge in [0.05, 0.1) is 18.0 Å². The van der Waals surface area contributed by atoms with Crippen molar-refractivity contribution in [3.63, 3.8) is 0 Å². The number of hydrogen-bond acceptors (Lipinski definition) is 4. The molecule has 6 nitrogen and oxygen atoms in total. The van der Waals surface area contributed by atoms with Crippen LogP contribution < -0.4 is 14.8 Å². The fourth-order valence-corrected chi connectivity index (χ4v) is 4.53. The van der Waals surface area contributed by atoms with Gasteiger partial charge in [-0.2, -0.15) is 0 Å². The zero-order valence-corrected chi connectivity index (χ0v) is 18.8. The van der Waals surface area contributed by atoms with Gasteiger partial charge in [-0.3, -0.25) is 9.52 Å². The van der Waals surface area contributed by atoms with Gasteiger partial charge in [-0.05, 0) is 73.9 Å². The highest BCUT2D eigenvalue weighted by molar-refractivity contribution is 7.92. The molecule has 7 heteroatoms. The van der Waals surface area contributed by atoms with E-state index in [0.29, 0.717) is 11.3 Å². The lowest BCUT2D eigenvalue weighted by atomic mass is 10.1. The van der Waals surface area contributed by atoms with E-state index in [1.165, 1.54) is 6.07 Å². The summed E-state index contributed by atoms with van der Waals surface area (Å²) in [6, 6.07) is 18.9. The van der Waals surface area contributed by atoms with Crippen molar-refractivity contribution < 1.29 is 17.9 Å². The van der Waals surface area contributed by atoms with E-state index < -0.39 is 10.0 Å². The van der Waals surface area contributed by atoms with Crippen molar-refractivity contribution in [2.75, 3.05) is 11.8 Å². The molecule has 1 amide bonds. The van der Waals surface area contributed by atoms with Gasteiger partial charge in [0.1, 0.15) is 5.75 Å². The first-order chi connectivity index (χ1) is 14.7. The third kappa shape index (κ3) is 5.44. The monoisotopic (exact) mass is 438 g/mol.